The van der Waals surface area contributed by atoms with Gasteiger partial charge in [-0.05, 0) is 43.9 Å². The molecule has 0 amide bonds. The average molecular weight is 268 g/mol. The molecular weight excluding hydrogens is 250 g/mol. The van der Waals surface area contributed by atoms with Crippen LogP contribution in [0.1, 0.15) is 25.3 Å². The lowest BCUT2D eigenvalue weighted by Crippen LogP contribution is -2.22. The predicted octanol–water partition coefficient (Wildman–Crippen LogP) is 3.68. The molecule has 1 aromatic rings. The Morgan fingerprint density at radius 2 is 2.00 bits per heavy atom. The lowest BCUT2D eigenvalue weighted by Gasteiger charge is -2.11. The van der Waals surface area contributed by atoms with E-state index in [1.165, 1.54) is 11.1 Å². The van der Waals surface area contributed by atoms with Crippen molar-refractivity contribution in [2.75, 3.05) is 0 Å². The van der Waals surface area contributed by atoms with Gasteiger partial charge in [0.25, 0.3) is 0 Å². The zero-order chi connectivity index (χ0) is 11.3. The Kier molecular flexibility index (Phi) is 5.06. The first kappa shape index (κ1) is 12.5. The first-order chi connectivity index (χ1) is 7.08. The largest absolute Gasteiger partial charge is 0.327 e. The van der Waals surface area contributed by atoms with E-state index in [-0.39, 0.29) is 6.04 Å². The molecule has 2 N–H and O–H groups in total. The Morgan fingerprint density at radius 1 is 1.40 bits per heavy atom. The Balaban J connectivity index is 2.40. The molecule has 0 radical (unpaired) electrons. The minimum Gasteiger partial charge on any atom is -0.327 e. The molecular formula is C13H18BrN. The van der Waals surface area contributed by atoms with E-state index in [1.807, 2.05) is 6.92 Å². The normalized spacial score (nSPS) is 12.5. The zero-order valence-electron chi connectivity index (χ0n) is 9.17. The van der Waals surface area contributed by atoms with Crippen LogP contribution in [0.15, 0.2) is 40.9 Å². The Morgan fingerprint density at radius 3 is 2.53 bits per heavy atom. The van der Waals surface area contributed by atoms with Crippen LogP contribution in [0.5, 0.6) is 0 Å². The molecule has 1 aromatic carbocycles. The molecule has 1 nitrogen and oxygen atoms in total. The number of hydrogen-bond donors (Lipinski definition) is 1. The third-order valence-corrected chi connectivity index (χ3v) is 2.88. The van der Waals surface area contributed by atoms with Gasteiger partial charge in [-0.1, -0.05) is 33.6 Å². The van der Waals surface area contributed by atoms with Gasteiger partial charge in [0.1, 0.15) is 0 Å². The highest BCUT2D eigenvalue weighted by molar-refractivity contribution is 9.10. The van der Waals surface area contributed by atoms with Crippen molar-refractivity contribution in [3.8, 4) is 0 Å². The van der Waals surface area contributed by atoms with E-state index in [2.05, 4.69) is 46.8 Å². The van der Waals surface area contributed by atoms with Crippen LogP contribution in [0.3, 0.4) is 0 Å². The molecule has 0 aliphatic carbocycles. The molecule has 82 valence electrons. The fourth-order valence-corrected chi connectivity index (χ4v) is 1.72. The zero-order valence-corrected chi connectivity index (χ0v) is 10.8. The second-order valence-corrected chi connectivity index (χ2v) is 5.00. The Hall–Kier alpha value is -0.600. The number of allylic oxidation sites excluding steroid dienone is 1. The summed E-state index contributed by atoms with van der Waals surface area (Å²) in [6.07, 6.45) is 2.99. The lowest BCUT2D eigenvalue weighted by molar-refractivity contribution is 0.609. The molecule has 0 aromatic heterocycles. The first-order valence-electron chi connectivity index (χ1n) is 5.22. The highest BCUT2D eigenvalue weighted by Crippen LogP contribution is 2.13. The predicted molar refractivity (Wildman–Crippen MR) is 69.9 cm³/mol. The summed E-state index contributed by atoms with van der Waals surface area (Å²) in [5.41, 5.74) is 8.55. The van der Waals surface area contributed by atoms with Crippen LogP contribution in [0.2, 0.25) is 0 Å². The van der Waals surface area contributed by atoms with Gasteiger partial charge >= 0.3 is 0 Å². The van der Waals surface area contributed by atoms with Gasteiger partial charge < -0.3 is 5.73 Å². The van der Waals surface area contributed by atoms with E-state index >= 15 is 0 Å². The Bertz CT molecular complexity index is 316. The fourth-order valence-electron chi connectivity index (χ4n) is 1.46. The third kappa shape index (κ3) is 5.14. The van der Waals surface area contributed by atoms with Crippen LogP contribution in [0.25, 0.3) is 0 Å². The summed E-state index contributed by atoms with van der Waals surface area (Å²) in [6, 6.07) is 8.58. The standard InChI is InChI=1S/C13H18BrN/c1-10(2)3-8-13(15)9-11-4-6-12(14)7-5-11/h4-7,13H,1,3,8-9,15H2,2H3. The first-order valence-corrected chi connectivity index (χ1v) is 6.01. The molecule has 15 heavy (non-hydrogen) atoms. The second-order valence-electron chi connectivity index (χ2n) is 4.09. The van der Waals surface area contributed by atoms with Gasteiger partial charge in [-0.15, -0.1) is 6.58 Å². The molecule has 1 unspecified atom stereocenters. The van der Waals surface area contributed by atoms with E-state index in [9.17, 15) is 0 Å². The molecule has 0 heterocycles. The number of nitrogens with two attached hydrogens (primary N) is 1. The molecule has 0 saturated carbocycles. The molecule has 1 rings (SSSR count). The van der Waals surface area contributed by atoms with Gasteiger partial charge in [0.2, 0.25) is 0 Å². The van der Waals surface area contributed by atoms with Crippen molar-refractivity contribution in [2.24, 2.45) is 5.73 Å². The third-order valence-electron chi connectivity index (χ3n) is 2.35. The van der Waals surface area contributed by atoms with Gasteiger partial charge in [0, 0.05) is 10.5 Å². The van der Waals surface area contributed by atoms with Gasteiger partial charge in [0.15, 0.2) is 0 Å². The van der Waals surface area contributed by atoms with Crippen LogP contribution in [0.4, 0.5) is 0 Å². The molecule has 0 aliphatic heterocycles. The van der Waals surface area contributed by atoms with Crippen molar-refractivity contribution in [2.45, 2.75) is 32.2 Å². The van der Waals surface area contributed by atoms with Crippen molar-refractivity contribution >= 4 is 15.9 Å². The molecule has 0 spiro atoms. The van der Waals surface area contributed by atoms with E-state index in [4.69, 9.17) is 5.73 Å². The maximum atomic E-state index is 6.04. The maximum Gasteiger partial charge on any atom is 0.0175 e. The van der Waals surface area contributed by atoms with E-state index < -0.39 is 0 Å². The summed E-state index contributed by atoms with van der Waals surface area (Å²) in [4.78, 5) is 0. The number of halogens is 1. The summed E-state index contributed by atoms with van der Waals surface area (Å²) in [6.45, 7) is 5.93. The highest BCUT2D eigenvalue weighted by Gasteiger charge is 2.03. The van der Waals surface area contributed by atoms with Crippen molar-refractivity contribution < 1.29 is 0 Å². The van der Waals surface area contributed by atoms with Crippen molar-refractivity contribution in [1.82, 2.24) is 0 Å². The smallest absolute Gasteiger partial charge is 0.0175 e. The summed E-state index contributed by atoms with van der Waals surface area (Å²) in [5, 5.41) is 0. The number of benzene rings is 1. The quantitative estimate of drug-likeness (QED) is 0.810. The van der Waals surface area contributed by atoms with Gasteiger partial charge in [-0.2, -0.15) is 0 Å². The summed E-state index contributed by atoms with van der Waals surface area (Å²) >= 11 is 3.42. The molecule has 0 fully saturated rings. The summed E-state index contributed by atoms with van der Waals surface area (Å²) < 4.78 is 1.11. The van der Waals surface area contributed by atoms with Crippen LogP contribution in [0, 0.1) is 0 Å². The van der Waals surface area contributed by atoms with Crippen LogP contribution >= 0.6 is 15.9 Å². The molecule has 2 heteroatoms. The number of hydrogen-bond acceptors (Lipinski definition) is 1. The van der Waals surface area contributed by atoms with Crippen molar-refractivity contribution in [3.05, 3.63) is 46.5 Å². The minimum absolute atomic E-state index is 0.239. The van der Waals surface area contributed by atoms with Gasteiger partial charge in [-0.3, -0.25) is 0 Å². The highest BCUT2D eigenvalue weighted by atomic mass is 79.9. The summed E-state index contributed by atoms with van der Waals surface area (Å²) in [5.74, 6) is 0. The molecule has 0 saturated heterocycles. The second kappa shape index (κ2) is 6.09. The fraction of sp³-hybridized carbons (Fsp3) is 0.385. The SMILES string of the molecule is C=C(C)CCC(N)Cc1ccc(Br)cc1. The van der Waals surface area contributed by atoms with Gasteiger partial charge in [0.05, 0.1) is 0 Å². The Labute approximate surface area is 101 Å². The van der Waals surface area contributed by atoms with Gasteiger partial charge in [-0.25, -0.2) is 0 Å². The molecule has 0 bridgehead atoms. The average Bonchev–Trinajstić information content (AvgIpc) is 2.19. The van der Waals surface area contributed by atoms with Crippen LogP contribution < -0.4 is 5.73 Å². The number of rotatable bonds is 5. The van der Waals surface area contributed by atoms with E-state index in [0.717, 1.165) is 23.7 Å². The molecule has 0 aliphatic rings. The van der Waals surface area contributed by atoms with E-state index in [1.54, 1.807) is 0 Å². The van der Waals surface area contributed by atoms with Crippen molar-refractivity contribution in [3.63, 3.8) is 0 Å². The molecule has 1 atom stereocenters. The maximum absolute atomic E-state index is 6.04. The van der Waals surface area contributed by atoms with Crippen LogP contribution in [-0.4, -0.2) is 6.04 Å². The van der Waals surface area contributed by atoms with E-state index in [0.29, 0.717) is 0 Å². The monoisotopic (exact) mass is 267 g/mol. The lowest BCUT2D eigenvalue weighted by atomic mass is 10.0. The van der Waals surface area contributed by atoms with Crippen LogP contribution in [-0.2, 0) is 6.42 Å². The van der Waals surface area contributed by atoms with Crippen molar-refractivity contribution in [1.29, 1.82) is 0 Å². The minimum atomic E-state index is 0.239. The topological polar surface area (TPSA) is 26.0 Å². The summed E-state index contributed by atoms with van der Waals surface area (Å²) in [7, 11) is 0.